The first-order valence-corrected chi connectivity index (χ1v) is 16.3. The van der Waals surface area contributed by atoms with E-state index in [0.717, 1.165) is 0 Å². The van der Waals surface area contributed by atoms with Crippen LogP contribution in [0.2, 0.25) is 0 Å². The lowest BCUT2D eigenvalue weighted by Gasteiger charge is -2.20. The normalized spacial score (nSPS) is 13.2. The van der Waals surface area contributed by atoms with Crippen LogP contribution in [0.25, 0.3) is 0 Å². The predicted octanol–water partition coefficient (Wildman–Crippen LogP) is -2.53. The summed E-state index contributed by atoms with van der Waals surface area (Å²) < 4.78 is 110. The average molecular weight is 680 g/mol. The lowest BCUT2D eigenvalue weighted by molar-refractivity contribution is 0.0629. The summed E-state index contributed by atoms with van der Waals surface area (Å²) in [5, 5.41) is 18.8. The fraction of sp³-hybridized carbons (Fsp3) is 0.667. The van der Waals surface area contributed by atoms with Crippen molar-refractivity contribution < 1.29 is 56.2 Å². The summed E-state index contributed by atoms with van der Waals surface area (Å²) in [6.45, 7) is 0.0738. The quantitative estimate of drug-likeness (QED) is 0.0597. The molecule has 0 bridgehead atoms. The van der Waals surface area contributed by atoms with Gasteiger partial charge in [-0.25, -0.2) is 21.9 Å². The maximum atomic E-state index is 10.7. The molecule has 2 aromatic rings. The van der Waals surface area contributed by atoms with Crippen molar-refractivity contribution in [3.63, 3.8) is 0 Å². The summed E-state index contributed by atoms with van der Waals surface area (Å²) in [6.07, 6.45) is 5.40. The van der Waals surface area contributed by atoms with Gasteiger partial charge in [0.2, 0.25) is 0 Å². The molecule has 0 aliphatic heterocycles. The zero-order valence-electron chi connectivity index (χ0n) is 22.6. The minimum absolute atomic E-state index is 0.00767. The van der Waals surface area contributed by atoms with Crippen molar-refractivity contribution in [3.8, 4) is 0 Å². The summed E-state index contributed by atoms with van der Waals surface area (Å²) in [6, 6.07) is 0. The molecule has 0 spiro atoms. The van der Waals surface area contributed by atoms with Crippen LogP contribution < -0.4 is 11.1 Å². The molecule has 22 nitrogen and oxygen atoms in total. The van der Waals surface area contributed by atoms with Crippen LogP contribution in [0.4, 0.5) is 0 Å². The SMILES string of the molecule is N/C(=C\NCCOS(=O)(=O)O)CN(Cc1cn(CCOS(=O)(=O)O)nn1)Cc1cn(COCCCCOS(=O)(=O)O)nn1. The average Bonchev–Trinajstić information content (AvgIpc) is 3.50. The first-order chi connectivity index (χ1) is 20.1. The molecular formula is C18H33N9O13S3. The molecule has 0 amide bonds. The van der Waals surface area contributed by atoms with Crippen molar-refractivity contribution >= 4 is 31.2 Å². The van der Waals surface area contributed by atoms with Gasteiger partial charge in [0.1, 0.15) is 6.73 Å². The first kappa shape index (κ1) is 36.3. The van der Waals surface area contributed by atoms with Gasteiger partial charge in [0.25, 0.3) is 0 Å². The molecule has 6 N–H and O–H groups in total. The van der Waals surface area contributed by atoms with E-state index in [2.05, 4.69) is 38.5 Å². The van der Waals surface area contributed by atoms with Crippen molar-refractivity contribution in [3.05, 3.63) is 35.7 Å². The Hall–Kier alpha value is -2.85. The molecule has 2 rings (SSSR count). The van der Waals surface area contributed by atoms with Gasteiger partial charge in [-0.3, -0.25) is 18.6 Å². The molecule has 43 heavy (non-hydrogen) atoms. The van der Waals surface area contributed by atoms with Gasteiger partial charge in [0.05, 0.1) is 44.0 Å². The molecule has 2 aromatic heterocycles. The Kier molecular flexibility index (Phi) is 14.7. The van der Waals surface area contributed by atoms with Gasteiger partial charge in [-0.05, 0) is 12.8 Å². The Morgan fingerprint density at radius 2 is 1.37 bits per heavy atom. The smallest absolute Gasteiger partial charge is 0.397 e. The lowest BCUT2D eigenvalue weighted by Crippen LogP contribution is -2.29. The molecule has 0 aliphatic carbocycles. The molecule has 0 unspecified atom stereocenters. The Morgan fingerprint density at radius 3 is 2.00 bits per heavy atom. The van der Waals surface area contributed by atoms with Crippen molar-refractivity contribution in [2.75, 3.05) is 39.5 Å². The van der Waals surface area contributed by atoms with Crippen LogP contribution in [0.15, 0.2) is 24.3 Å². The van der Waals surface area contributed by atoms with E-state index in [1.807, 2.05) is 4.90 Å². The zero-order chi connectivity index (χ0) is 31.9. The Morgan fingerprint density at radius 1 is 0.837 bits per heavy atom. The molecule has 2 heterocycles. The van der Waals surface area contributed by atoms with Crippen LogP contribution in [0.5, 0.6) is 0 Å². The molecule has 0 aromatic carbocycles. The van der Waals surface area contributed by atoms with E-state index < -0.39 is 31.2 Å². The highest BCUT2D eigenvalue weighted by Crippen LogP contribution is 2.08. The second-order valence-electron chi connectivity index (χ2n) is 8.53. The van der Waals surface area contributed by atoms with Crippen LogP contribution in [0.3, 0.4) is 0 Å². The topological polar surface area (TPSA) is 303 Å². The minimum atomic E-state index is -4.59. The molecule has 0 radical (unpaired) electrons. The molecule has 25 heteroatoms. The van der Waals surface area contributed by atoms with Crippen LogP contribution in [-0.2, 0) is 74.8 Å². The Balaban J connectivity index is 1.94. The van der Waals surface area contributed by atoms with Crippen LogP contribution in [0, 0.1) is 0 Å². The summed E-state index contributed by atoms with van der Waals surface area (Å²) in [7, 11) is -13.6. The third-order valence-electron chi connectivity index (χ3n) is 4.81. The van der Waals surface area contributed by atoms with Gasteiger partial charge in [-0.2, -0.15) is 25.3 Å². The highest BCUT2D eigenvalue weighted by molar-refractivity contribution is 7.81. The fourth-order valence-corrected chi connectivity index (χ4v) is 4.11. The lowest BCUT2D eigenvalue weighted by atomic mass is 10.3. The van der Waals surface area contributed by atoms with Gasteiger partial charge < -0.3 is 15.8 Å². The third kappa shape index (κ3) is 18.4. The molecule has 0 saturated heterocycles. The van der Waals surface area contributed by atoms with Gasteiger partial charge in [-0.1, -0.05) is 10.4 Å². The summed E-state index contributed by atoms with van der Waals surface area (Å²) in [5.74, 6) is 0. The number of nitrogens with zero attached hydrogens (tertiary/aromatic N) is 7. The van der Waals surface area contributed by atoms with Crippen molar-refractivity contribution in [1.82, 2.24) is 40.2 Å². The molecule has 0 atom stereocenters. The highest BCUT2D eigenvalue weighted by atomic mass is 32.3. The summed E-state index contributed by atoms with van der Waals surface area (Å²) in [4.78, 5) is 1.82. The van der Waals surface area contributed by atoms with Gasteiger partial charge >= 0.3 is 31.2 Å². The number of nitrogens with two attached hydrogens (primary N) is 1. The number of hydrogen-bond donors (Lipinski definition) is 5. The maximum absolute atomic E-state index is 10.7. The number of rotatable bonds is 23. The van der Waals surface area contributed by atoms with Gasteiger partial charge in [0.15, 0.2) is 0 Å². The molecular weight excluding hydrogens is 646 g/mol. The molecule has 0 aliphatic rings. The monoisotopic (exact) mass is 679 g/mol. The van der Waals surface area contributed by atoms with Gasteiger partial charge in [-0.15, -0.1) is 10.2 Å². The fourth-order valence-electron chi connectivity index (χ4n) is 3.20. The largest absolute Gasteiger partial charge is 0.400 e. The number of unbranched alkanes of at least 4 members (excludes halogenated alkanes) is 1. The van der Waals surface area contributed by atoms with E-state index in [4.69, 9.17) is 24.1 Å². The first-order valence-electron chi connectivity index (χ1n) is 12.2. The highest BCUT2D eigenvalue weighted by Gasteiger charge is 2.14. The van der Waals surface area contributed by atoms with E-state index >= 15 is 0 Å². The zero-order valence-corrected chi connectivity index (χ0v) is 25.0. The van der Waals surface area contributed by atoms with E-state index in [1.165, 1.54) is 21.8 Å². The molecule has 246 valence electrons. The van der Waals surface area contributed by atoms with Crippen LogP contribution in [-0.4, -0.2) is 113 Å². The van der Waals surface area contributed by atoms with Crippen LogP contribution in [0.1, 0.15) is 24.2 Å². The number of aromatic nitrogens is 6. The third-order valence-corrected chi connectivity index (χ3v) is 6.20. The van der Waals surface area contributed by atoms with Crippen molar-refractivity contribution in [1.29, 1.82) is 0 Å². The maximum Gasteiger partial charge on any atom is 0.397 e. The standard InChI is InChI=1S/C18H33N9O13S3/c19-16(9-20-3-7-39-42(31,32)33)10-25(11-17-13-26(23-21-17)4-8-40-43(34,35)36)12-18-14-27(24-22-18)15-37-5-1-2-6-38-41(28,29)30/h9,13-14,20H,1-8,10-12,15,19H2,(H,28,29,30)(H,31,32,33)(H,34,35,36)/b16-9-. The summed E-state index contributed by atoms with van der Waals surface area (Å²) >= 11 is 0. The molecule has 0 fully saturated rings. The van der Waals surface area contributed by atoms with Crippen molar-refractivity contribution in [2.24, 2.45) is 5.73 Å². The Bertz CT molecular complexity index is 1480. The number of nitrogens with one attached hydrogen (secondary N) is 1. The van der Waals surface area contributed by atoms with Crippen LogP contribution >= 0.6 is 0 Å². The van der Waals surface area contributed by atoms with Crippen molar-refractivity contribution in [2.45, 2.75) is 39.2 Å². The molecule has 0 saturated carbocycles. The van der Waals surface area contributed by atoms with E-state index in [0.29, 0.717) is 29.9 Å². The Labute approximate surface area is 247 Å². The minimum Gasteiger partial charge on any atom is -0.400 e. The second kappa shape index (κ2) is 17.4. The second-order valence-corrected chi connectivity index (χ2v) is 11.8. The predicted molar refractivity (Wildman–Crippen MR) is 142 cm³/mol. The summed E-state index contributed by atoms with van der Waals surface area (Å²) in [5.41, 5.74) is 7.43. The van der Waals surface area contributed by atoms with E-state index in [9.17, 15) is 25.3 Å². The van der Waals surface area contributed by atoms with E-state index in [-0.39, 0.29) is 65.9 Å². The van der Waals surface area contributed by atoms with Gasteiger partial charge in [0, 0.05) is 50.9 Å². The van der Waals surface area contributed by atoms with E-state index in [1.54, 1.807) is 6.20 Å². The number of ether oxygens (including phenoxy) is 1. The number of hydrogen-bond acceptors (Lipinski definition) is 17.